The van der Waals surface area contributed by atoms with Crippen LogP contribution in [-0.2, 0) is 22.6 Å². The first-order valence-electron chi connectivity index (χ1n) is 15.1. The third-order valence-corrected chi connectivity index (χ3v) is 8.64. The van der Waals surface area contributed by atoms with Crippen LogP contribution in [-0.4, -0.2) is 46.8 Å². The normalized spacial score (nSPS) is 11.9. The Labute approximate surface area is 281 Å². The van der Waals surface area contributed by atoms with E-state index >= 15 is 0 Å². The molecule has 248 valence electrons. The summed E-state index contributed by atoms with van der Waals surface area (Å²) in [4.78, 5) is 29.8. The molecule has 0 aliphatic rings. The molecule has 0 radical (unpaired) electrons. The molecule has 5 rings (SSSR count). The molecule has 10 nitrogen and oxygen atoms in total. The molecule has 0 fully saturated rings. The number of aromatic nitrogens is 1. The van der Waals surface area contributed by atoms with Crippen LogP contribution in [0, 0.1) is 0 Å². The number of nitrogens with one attached hydrogen (secondary N) is 2. The summed E-state index contributed by atoms with van der Waals surface area (Å²) in [6.07, 6.45) is 3.67. The molecule has 0 spiro atoms. The Hall–Kier alpha value is -5.42. The van der Waals surface area contributed by atoms with Gasteiger partial charge in [-0.25, -0.2) is 9.59 Å². The number of methoxy groups -OCH3 is 2. The van der Waals surface area contributed by atoms with Crippen molar-refractivity contribution >= 4 is 44.9 Å². The first-order valence-corrected chi connectivity index (χ1v) is 16.6. The maximum absolute atomic E-state index is 13.4. The lowest BCUT2D eigenvalue weighted by Gasteiger charge is -2.23. The van der Waals surface area contributed by atoms with Gasteiger partial charge in [0, 0.05) is 41.4 Å². The van der Waals surface area contributed by atoms with Crippen LogP contribution >= 0.6 is 0 Å². The third kappa shape index (κ3) is 7.58. The molecule has 0 aliphatic heterocycles. The van der Waals surface area contributed by atoms with E-state index in [1.54, 1.807) is 42.8 Å². The van der Waals surface area contributed by atoms with Gasteiger partial charge >= 0.3 is 12.0 Å². The number of aromatic carboxylic acids is 1. The number of hydrogen-bond donors (Lipinski definition) is 3. The number of ether oxygens (including phenoxy) is 3. The van der Waals surface area contributed by atoms with Crippen molar-refractivity contribution in [3.63, 3.8) is 0 Å². The number of carboxylic acids is 1. The number of fused-ring (bicyclic) bond motifs is 1. The van der Waals surface area contributed by atoms with Crippen molar-refractivity contribution in [2.45, 2.75) is 37.5 Å². The number of carbonyl (C=O) groups is 2. The average Bonchev–Trinajstić information content (AvgIpc) is 3.05. The molecule has 2 amide bonds. The lowest BCUT2D eigenvalue weighted by molar-refractivity contribution is 0.0693. The molecular weight excluding hydrogens is 630 g/mol. The van der Waals surface area contributed by atoms with Gasteiger partial charge in [-0.3, -0.25) is 9.19 Å². The number of carbonyl (C=O) groups excluding carboxylic acids is 1. The Morgan fingerprint density at radius 1 is 0.854 bits per heavy atom. The van der Waals surface area contributed by atoms with Crippen LogP contribution in [0.1, 0.15) is 48.0 Å². The second-order valence-electron chi connectivity index (χ2n) is 12.1. The second-order valence-corrected chi connectivity index (χ2v) is 13.4. The van der Waals surface area contributed by atoms with Crippen molar-refractivity contribution in [3.8, 4) is 23.0 Å². The number of hydrogen-bond acceptors (Lipinski definition) is 7. The van der Waals surface area contributed by atoms with Gasteiger partial charge in [0.05, 0.1) is 41.3 Å². The van der Waals surface area contributed by atoms with Crippen molar-refractivity contribution in [1.29, 1.82) is 0 Å². The van der Waals surface area contributed by atoms with Crippen LogP contribution in [0.4, 0.5) is 16.2 Å². The fourth-order valence-electron chi connectivity index (χ4n) is 5.27. The zero-order chi connectivity index (χ0) is 34.6. The number of pyridine rings is 1. The Morgan fingerprint density at radius 3 is 2.25 bits per heavy atom. The first-order chi connectivity index (χ1) is 22.9. The van der Waals surface area contributed by atoms with Gasteiger partial charge in [0.2, 0.25) is 0 Å². The van der Waals surface area contributed by atoms with Gasteiger partial charge in [0.15, 0.2) is 5.75 Å². The second kappa shape index (κ2) is 14.1. The summed E-state index contributed by atoms with van der Waals surface area (Å²) in [6.45, 7) is 6.13. The van der Waals surface area contributed by atoms with E-state index < -0.39 is 22.8 Å². The van der Waals surface area contributed by atoms with E-state index in [1.807, 2.05) is 63.2 Å². The average molecular weight is 668 g/mol. The van der Waals surface area contributed by atoms with E-state index in [9.17, 15) is 18.9 Å². The summed E-state index contributed by atoms with van der Waals surface area (Å²) in [5.41, 5.74) is 3.28. The van der Waals surface area contributed by atoms with Crippen molar-refractivity contribution in [3.05, 3.63) is 107 Å². The number of urea groups is 1. The van der Waals surface area contributed by atoms with E-state index in [4.69, 9.17) is 14.2 Å². The quantitative estimate of drug-likeness (QED) is 0.136. The predicted octanol–water partition coefficient (Wildman–Crippen LogP) is 8.01. The highest BCUT2D eigenvalue weighted by atomic mass is 32.2. The largest absolute Gasteiger partial charge is 0.496 e. The molecule has 4 aromatic carbocycles. The number of benzene rings is 4. The lowest BCUT2D eigenvalue weighted by Crippen LogP contribution is -2.21. The van der Waals surface area contributed by atoms with Crippen LogP contribution in [0.5, 0.6) is 23.0 Å². The van der Waals surface area contributed by atoms with Crippen LogP contribution in [0.25, 0.3) is 10.8 Å². The van der Waals surface area contributed by atoms with Crippen molar-refractivity contribution in [2.24, 2.45) is 0 Å². The maximum atomic E-state index is 13.4. The van der Waals surface area contributed by atoms with Gasteiger partial charge in [0.1, 0.15) is 22.8 Å². The highest BCUT2D eigenvalue weighted by Crippen LogP contribution is 2.38. The highest BCUT2D eigenvalue weighted by molar-refractivity contribution is 7.84. The number of nitrogens with zero attached hydrogens (tertiary/aromatic N) is 1. The van der Waals surface area contributed by atoms with Gasteiger partial charge < -0.3 is 30.0 Å². The topological polar surface area (TPSA) is 136 Å². The smallest absolute Gasteiger partial charge is 0.339 e. The van der Waals surface area contributed by atoms with Gasteiger partial charge in [-0.15, -0.1) is 0 Å². The van der Waals surface area contributed by atoms with Gasteiger partial charge in [0.25, 0.3) is 0 Å². The lowest BCUT2D eigenvalue weighted by atomic mass is 9.86. The number of carboxylic acid groups (broad SMARTS) is 1. The predicted molar refractivity (Wildman–Crippen MR) is 188 cm³/mol. The molecule has 0 bridgehead atoms. The van der Waals surface area contributed by atoms with Crippen LogP contribution in [0.2, 0.25) is 0 Å². The molecule has 1 unspecified atom stereocenters. The van der Waals surface area contributed by atoms with E-state index in [0.717, 1.165) is 27.6 Å². The minimum absolute atomic E-state index is 0.0892. The summed E-state index contributed by atoms with van der Waals surface area (Å²) >= 11 is 0. The van der Waals surface area contributed by atoms with E-state index in [-0.39, 0.29) is 16.7 Å². The van der Waals surface area contributed by atoms with Gasteiger partial charge in [-0.2, -0.15) is 0 Å². The zero-order valence-corrected chi connectivity index (χ0v) is 28.4. The summed E-state index contributed by atoms with van der Waals surface area (Å²) < 4.78 is 29.7. The molecule has 0 saturated heterocycles. The summed E-state index contributed by atoms with van der Waals surface area (Å²) in [7, 11) is 1.58. The summed E-state index contributed by atoms with van der Waals surface area (Å²) in [5.74, 6) is 0.710. The Bertz CT molecular complexity index is 2040. The fourth-order valence-corrected chi connectivity index (χ4v) is 6.02. The molecule has 5 aromatic rings. The summed E-state index contributed by atoms with van der Waals surface area (Å²) in [5, 5.41) is 16.8. The molecular formula is C37H37N3O7S. The molecule has 0 saturated carbocycles. The number of amides is 2. The summed E-state index contributed by atoms with van der Waals surface area (Å²) in [6, 6.07) is 22.8. The Morgan fingerprint density at radius 2 is 1.58 bits per heavy atom. The molecule has 3 N–H and O–H groups in total. The number of anilines is 2. The molecule has 1 aromatic heterocycles. The fraction of sp³-hybridized carbons (Fsp3) is 0.216. The first kappa shape index (κ1) is 33.9. The minimum Gasteiger partial charge on any atom is -0.496 e. The monoisotopic (exact) mass is 667 g/mol. The van der Waals surface area contributed by atoms with Crippen LogP contribution in [0.3, 0.4) is 0 Å². The van der Waals surface area contributed by atoms with Crippen LogP contribution < -0.4 is 24.8 Å². The van der Waals surface area contributed by atoms with E-state index in [2.05, 4.69) is 15.6 Å². The van der Waals surface area contributed by atoms with E-state index in [1.165, 1.54) is 20.3 Å². The molecule has 1 heterocycles. The van der Waals surface area contributed by atoms with E-state index in [0.29, 0.717) is 39.9 Å². The maximum Gasteiger partial charge on any atom is 0.339 e. The molecule has 0 aliphatic carbocycles. The van der Waals surface area contributed by atoms with Crippen LogP contribution in [0.15, 0.2) is 90.0 Å². The van der Waals surface area contributed by atoms with Gasteiger partial charge in [-0.1, -0.05) is 51.1 Å². The Kier molecular flexibility index (Phi) is 10.00. The van der Waals surface area contributed by atoms with Crippen molar-refractivity contribution < 1.29 is 33.1 Å². The molecule has 48 heavy (non-hydrogen) atoms. The third-order valence-electron chi connectivity index (χ3n) is 7.71. The minimum atomic E-state index is -1.34. The SMILES string of the molecule is COc1cc(Cc2cc(Oc3ccc(NC(=O)Nc4cc(C(C)(C)C)cc(S(C)=O)c4OC)c4ccccc34)ccn2)ccc1C(=O)O. The zero-order valence-electron chi connectivity index (χ0n) is 27.5. The van der Waals surface area contributed by atoms with Crippen molar-refractivity contribution in [2.75, 3.05) is 31.1 Å². The van der Waals surface area contributed by atoms with Gasteiger partial charge in [-0.05, 0) is 59.0 Å². The standard InChI is InChI=1S/C37H37N3O7S/c1-37(2,3)23-19-30(34(46-5)33(20-23)48(6)44)40-36(43)39-29-13-14-31(27-10-8-7-9-26(27)29)47-25-15-16-38-24(21-25)17-22-11-12-28(35(41)42)32(18-22)45-4/h7-16,18-21H,17H2,1-6H3,(H,41,42)(H2,39,40,43). The molecule has 11 heteroatoms. The molecule has 1 atom stereocenters. The highest BCUT2D eigenvalue weighted by Gasteiger charge is 2.22. The Balaban J connectivity index is 1.38. The number of rotatable bonds is 10. The van der Waals surface area contributed by atoms with Crippen molar-refractivity contribution in [1.82, 2.24) is 4.98 Å².